The van der Waals surface area contributed by atoms with Gasteiger partial charge >= 0.3 is 0 Å². The molecule has 2 aliphatic heterocycles. The van der Waals surface area contributed by atoms with Gasteiger partial charge < -0.3 is 35.0 Å². The summed E-state index contributed by atoms with van der Waals surface area (Å²) in [6.07, 6.45) is -3.97. The second kappa shape index (κ2) is 7.20. The molecule has 6 N–H and O–H groups in total. The Bertz CT molecular complexity index is 725. The summed E-state index contributed by atoms with van der Waals surface area (Å²) in [6, 6.07) is -0.992. The van der Waals surface area contributed by atoms with Crippen molar-refractivity contribution in [3.05, 3.63) is 22.3 Å². The molecule has 0 spiro atoms. The second-order valence-corrected chi connectivity index (χ2v) is 7.76. The van der Waals surface area contributed by atoms with Gasteiger partial charge in [-0.2, -0.15) is 0 Å². The largest absolute Gasteiger partial charge is 0.507 e. The number of aliphatic hydroxyl groups excluding tert-OH is 4. The normalized spacial score (nSPS) is 36.2. The number of fused-ring (bicyclic) bond motifs is 1. The van der Waals surface area contributed by atoms with Gasteiger partial charge in [0, 0.05) is 12.0 Å². The van der Waals surface area contributed by atoms with E-state index in [0.717, 1.165) is 22.3 Å². The Balaban J connectivity index is 1.85. The minimum Gasteiger partial charge on any atom is -0.507 e. The Morgan fingerprint density at radius 1 is 1.07 bits per heavy atom. The van der Waals surface area contributed by atoms with Gasteiger partial charge in [-0.1, -0.05) is 0 Å². The average Bonchev–Trinajstić information content (AvgIpc) is 2.64. The van der Waals surface area contributed by atoms with Crippen molar-refractivity contribution in [3.63, 3.8) is 0 Å². The molecule has 0 saturated carbocycles. The first-order valence-electron chi connectivity index (χ1n) is 9.18. The van der Waals surface area contributed by atoms with E-state index in [1.807, 2.05) is 20.8 Å². The molecule has 0 aliphatic carbocycles. The van der Waals surface area contributed by atoms with Crippen molar-refractivity contribution in [2.24, 2.45) is 0 Å². The van der Waals surface area contributed by atoms with Crippen molar-refractivity contribution in [2.45, 2.75) is 76.9 Å². The lowest BCUT2D eigenvalue weighted by molar-refractivity contribution is -0.261. The van der Waals surface area contributed by atoms with Gasteiger partial charge in [0.2, 0.25) is 0 Å². The summed E-state index contributed by atoms with van der Waals surface area (Å²) in [4.78, 5) is 0. The second-order valence-electron chi connectivity index (χ2n) is 7.76. The zero-order valence-electron chi connectivity index (χ0n) is 16.1. The van der Waals surface area contributed by atoms with Crippen LogP contribution in [-0.2, 0) is 11.2 Å². The Kier molecular flexibility index (Phi) is 5.42. The molecule has 27 heavy (non-hydrogen) atoms. The Hall–Kier alpha value is -1.42. The number of benzene rings is 1. The third-order valence-electron chi connectivity index (χ3n) is 5.89. The lowest BCUT2D eigenvalue weighted by Crippen LogP contribution is -2.68. The van der Waals surface area contributed by atoms with E-state index in [4.69, 9.17) is 9.47 Å². The first kappa shape index (κ1) is 20.3. The van der Waals surface area contributed by atoms with Gasteiger partial charge in [0.15, 0.2) is 12.0 Å². The quantitative estimate of drug-likeness (QED) is 0.421. The molecule has 2 heterocycles. The van der Waals surface area contributed by atoms with E-state index in [0.29, 0.717) is 18.6 Å². The van der Waals surface area contributed by atoms with Crippen molar-refractivity contribution in [1.29, 1.82) is 0 Å². The number of hydrogen-bond donors (Lipinski definition) is 6. The molecule has 8 nitrogen and oxygen atoms in total. The van der Waals surface area contributed by atoms with Crippen LogP contribution in [0.1, 0.15) is 35.6 Å². The average molecular weight is 383 g/mol. The van der Waals surface area contributed by atoms with Gasteiger partial charge in [-0.25, -0.2) is 0 Å². The number of aliphatic hydroxyl groups is 4. The van der Waals surface area contributed by atoms with E-state index >= 15 is 0 Å². The molecule has 3 rings (SSSR count). The van der Waals surface area contributed by atoms with E-state index in [9.17, 15) is 25.5 Å². The van der Waals surface area contributed by atoms with E-state index in [1.165, 1.54) is 0 Å². The van der Waals surface area contributed by atoms with E-state index in [1.54, 1.807) is 6.92 Å². The third kappa shape index (κ3) is 3.41. The van der Waals surface area contributed by atoms with Crippen molar-refractivity contribution >= 4 is 0 Å². The molecule has 2 aliphatic rings. The predicted molar refractivity (Wildman–Crippen MR) is 96.6 cm³/mol. The van der Waals surface area contributed by atoms with Gasteiger partial charge in [-0.15, -0.1) is 0 Å². The minimum absolute atomic E-state index is 0.274. The Labute approximate surface area is 158 Å². The van der Waals surface area contributed by atoms with Crippen molar-refractivity contribution in [2.75, 3.05) is 6.61 Å². The molecule has 1 fully saturated rings. The highest BCUT2D eigenvalue weighted by Gasteiger charge is 2.47. The van der Waals surface area contributed by atoms with Crippen LogP contribution in [0.15, 0.2) is 0 Å². The summed E-state index contributed by atoms with van der Waals surface area (Å²) in [5.41, 5.74) is 2.39. The summed E-state index contributed by atoms with van der Waals surface area (Å²) in [6.45, 7) is 6.85. The topological polar surface area (TPSA) is 132 Å². The number of phenolic OH excluding ortho intramolecular Hbond substituents is 1. The Morgan fingerprint density at radius 2 is 1.74 bits per heavy atom. The highest BCUT2D eigenvalue weighted by atomic mass is 16.6. The fourth-order valence-corrected chi connectivity index (χ4v) is 3.95. The summed E-state index contributed by atoms with van der Waals surface area (Å²) in [7, 11) is 0. The number of nitrogens with one attached hydrogen (secondary N) is 1. The fourth-order valence-electron chi connectivity index (χ4n) is 3.95. The highest BCUT2D eigenvalue weighted by Crippen LogP contribution is 2.43. The van der Waals surface area contributed by atoms with Crippen LogP contribution in [0.25, 0.3) is 0 Å². The highest BCUT2D eigenvalue weighted by molar-refractivity contribution is 5.58. The SMILES string of the molecule is Cc1c(C)c2c(c(C)c1O)CC[C@@](C)(N[C@@H]1[C@@H](O)[C@H](O)[C@@H](CO)O[C@H]1O)O2. The standard InChI is InChI=1S/C19H29NO7/c1-8-9(2)17-11(10(3)14(8)22)5-6-19(4,27-17)20-13-16(24)15(23)12(7-21)26-18(13)25/h12-13,15-16,18,20-25H,5-7H2,1-4H3/t12-,13-,15-,16-,18-,19+/m1/s1. The molecule has 0 radical (unpaired) electrons. The molecule has 0 unspecified atom stereocenters. The lowest BCUT2D eigenvalue weighted by atomic mass is 9.89. The number of ether oxygens (including phenoxy) is 2. The lowest BCUT2D eigenvalue weighted by Gasteiger charge is -2.46. The molecule has 0 aromatic heterocycles. The van der Waals surface area contributed by atoms with Gasteiger partial charge in [-0.3, -0.25) is 5.32 Å². The number of rotatable bonds is 3. The van der Waals surface area contributed by atoms with Crippen molar-refractivity contribution in [1.82, 2.24) is 5.32 Å². The van der Waals surface area contributed by atoms with Crippen LogP contribution in [0.5, 0.6) is 11.5 Å². The summed E-state index contributed by atoms with van der Waals surface area (Å²) >= 11 is 0. The molecule has 1 aromatic carbocycles. The summed E-state index contributed by atoms with van der Waals surface area (Å²) in [5, 5.41) is 53.2. The van der Waals surface area contributed by atoms with Gasteiger partial charge in [0.05, 0.1) is 12.6 Å². The maximum Gasteiger partial charge on any atom is 0.173 e. The monoisotopic (exact) mass is 383 g/mol. The van der Waals surface area contributed by atoms with Crippen LogP contribution in [0, 0.1) is 20.8 Å². The molecular formula is C19H29NO7. The molecule has 8 heteroatoms. The maximum atomic E-state index is 10.4. The summed E-state index contributed by atoms with van der Waals surface area (Å²) < 4.78 is 11.4. The van der Waals surface area contributed by atoms with E-state index < -0.39 is 43.0 Å². The van der Waals surface area contributed by atoms with Crippen LogP contribution >= 0.6 is 0 Å². The number of phenols is 1. The van der Waals surface area contributed by atoms with Crippen molar-refractivity contribution in [3.8, 4) is 11.5 Å². The molecule has 1 saturated heterocycles. The smallest absolute Gasteiger partial charge is 0.173 e. The maximum absolute atomic E-state index is 10.4. The third-order valence-corrected chi connectivity index (χ3v) is 5.89. The number of hydrogen-bond acceptors (Lipinski definition) is 8. The van der Waals surface area contributed by atoms with Crippen LogP contribution in [0.3, 0.4) is 0 Å². The minimum atomic E-state index is -1.41. The van der Waals surface area contributed by atoms with Crippen molar-refractivity contribution < 1.29 is 35.0 Å². The number of aromatic hydroxyl groups is 1. The van der Waals surface area contributed by atoms with Gasteiger partial charge in [0.1, 0.15) is 29.8 Å². The zero-order valence-corrected chi connectivity index (χ0v) is 16.1. The summed E-state index contributed by atoms with van der Waals surface area (Å²) in [5.74, 6) is 0.953. The molecular weight excluding hydrogens is 354 g/mol. The van der Waals surface area contributed by atoms with Crippen LogP contribution in [0.4, 0.5) is 0 Å². The van der Waals surface area contributed by atoms with E-state index in [-0.39, 0.29) is 5.75 Å². The Morgan fingerprint density at radius 3 is 2.37 bits per heavy atom. The van der Waals surface area contributed by atoms with Crippen LogP contribution in [-0.4, -0.2) is 68.5 Å². The van der Waals surface area contributed by atoms with Crippen LogP contribution in [0.2, 0.25) is 0 Å². The molecule has 6 atom stereocenters. The van der Waals surface area contributed by atoms with Gasteiger partial charge in [0.25, 0.3) is 0 Å². The molecule has 0 bridgehead atoms. The first-order valence-corrected chi connectivity index (χ1v) is 9.18. The molecule has 0 amide bonds. The first-order chi connectivity index (χ1) is 12.6. The fraction of sp³-hybridized carbons (Fsp3) is 0.684. The zero-order chi connectivity index (χ0) is 20.1. The van der Waals surface area contributed by atoms with E-state index in [2.05, 4.69) is 5.32 Å². The molecule has 152 valence electrons. The predicted octanol–water partition coefficient (Wildman–Crippen LogP) is -0.252. The van der Waals surface area contributed by atoms with Crippen LogP contribution < -0.4 is 10.1 Å². The molecule has 1 aromatic rings. The van der Waals surface area contributed by atoms with Gasteiger partial charge in [-0.05, 0) is 50.8 Å².